The van der Waals surface area contributed by atoms with E-state index >= 15 is 0 Å². The summed E-state index contributed by atoms with van der Waals surface area (Å²) in [6.45, 7) is 4.20. The summed E-state index contributed by atoms with van der Waals surface area (Å²) >= 11 is 6.34. The Morgan fingerprint density at radius 2 is 1.90 bits per heavy atom. The number of halogens is 1. The van der Waals surface area contributed by atoms with E-state index in [-0.39, 0.29) is 5.91 Å². The van der Waals surface area contributed by atoms with Gasteiger partial charge in [-0.25, -0.2) is 0 Å². The number of nitrogens with zero attached hydrogens (tertiary/aromatic N) is 4. The van der Waals surface area contributed by atoms with Gasteiger partial charge in [0.25, 0.3) is 5.91 Å². The van der Waals surface area contributed by atoms with Crippen molar-refractivity contribution in [2.75, 3.05) is 0 Å². The van der Waals surface area contributed by atoms with Gasteiger partial charge in [-0.15, -0.1) is 5.10 Å². The predicted octanol–water partition coefficient (Wildman–Crippen LogP) is 4.46. The zero-order chi connectivity index (χ0) is 20.4. The first-order chi connectivity index (χ1) is 14.0. The molecule has 0 atom stereocenters. The molecule has 4 rings (SSSR count). The maximum atomic E-state index is 13.0. The SMILES string of the molecule is Cc1ccc(-n2nnnc2C2(NC(=O)c3ccccc3)CCC(C)CC2)cc1Cl. The van der Waals surface area contributed by atoms with Crippen LogP contribution < -0.4 is 5.32 Å². The van der Waals surface area contributed by atoms with Gasteiger partial charge in [-0.05, 0) is 78.8 Å². The highest BCUT2D eigenvalue weighted by Crippen LogP contribution is 2.39. The van der Waals surface area contributed by atoms with Crippen molar-refractivity contribution in [2.45, 2.75) is 45.1 Å². The van der Waals surface area contributed by atoms with Gasteiger partial charge in [0.15, 0.2) is 5.82 Å². The van der Waals surface area contributed by atoms with E-state index in [1.807, 2.05) is 55.5 Å². The number of hydrogen-bond donors (Lipinski definition) is 1. The largest absolute Gasteiger partial charge is 0.339 e. The van der Waals surface area contributed by atoms with E-state index < -0.39 is 5.54 Å². The lowest BCUT2D eigenvalue weighted by Crippen LogP contribution is -2.49. The van der Waals surface area contributed by atoms with Crippen molar-refractivity contribution < 1.29 is 4.79 Å². The molecule has 6 nitrogen and oxygen atoms in total. The molecule has 150 valence electrons. The molecule has 0 spiro atoms. The Labute approximate surface area is 175 Å². The highest BCUT2D eigenvalue weighted by molar-refractivity contribution is 6.31. The fourth-order valence-corrected chi connectivity index (χ4v) is 4.09. The summed E-state index contributed by atoms with van der Waals surface area (Å²) in [5, 5.41) is 16.4. The fourth-order valence-electron chi connectivity index (χ4n) is 3.91. The molecule has 2 aromatic carbocycles. The number of benzene rings is 2. The van der Waals surface area contributed by atoms with Crippen LogP contribution in [-0.4, -0.2) is 26.1 Å². The van der Waals surface area contributed by atoms with Crippen LogP contribution in [0, 0.1) is 12.8 Å². The highest BCUT2D eigenvalue weighted by atomic mass is 35.5. The monoisotopic (exact) mass is 409 g/mol. The molecular formula is C22H24ClN5O. The van der Waals surface area contributed by atoms with Gasteiger partial charge in [-0.1, -0.05) is 42.8 Å². The van der Waals surface area contributed by atoms with Crippen molar-refractivity contribution >= 4 is 17.5 Å². The van der Waals surface area contributed by atoms with Crippen molar-refractivity contribution in [3.05, 3.63) is 70.5 Å². The minimum atomic E-state index is -0.625. The highest BCUT2D eigenvalue weighted by Gasteiger charge is 2.42. The summed E-state index contributed by atoms with van der Waals surface area (Å²) in [5.74, 6) is 1.14. The lowest BCUT2D eigenvalue weighted by molar-refractivity contribution is 0.0836. The molecule has 3 aromatic rings. The Balaban J connectivity index is 1.74. The van der Waals surface area contributed by atoms with Gasteiger partial charge in [-0.2, -0.15) is 4.68 Å². The Hall–Kier alpha value is -2.73. The third-order valence-corrected chi connectivity index (χ3v) is 6.22. The Morgan fingerprint density at radius 1 is 1.17 bits per heavy atom. The zero-order valence-electron chi connectivity index (χ0n) is 16.6. The summed E-state index contributed by atoms with van der Waals surface area (Å²) in [4.78, 5) is 13.0. The van der Waals surface area contributed by atoms with Crippen LogP contribution in [0.1, 0.15) is 54.4 Å². The molecule has 29 heavy (non-hydrogen) atoms. The van der Waals surface area contributed by atoms with Crippen LogP contribution in [0.15, 0.2) is 48.5 Å². The van der Waals surface area contributed by atoms with Gasteiger partial charge >= 0.3 is 0 Å². The smallest absolute Gasteiger partial charge is 0.252 e. The first-order valence-corrected chi connectivity index (χ1v) is 10.3. The summed E-state index contributed by atoms with van der Waals surface area (Å²) < 4.78 is 1.70. The molecule has 1 saturated carbocycles. The maximum Gasteiger partial charge on any atom is 0.252 e. The standard InChI is InChI=1S/C22H24ClN5O/c1-15-10-12-22(13-11-15,24-20(29)17-6-4-3-5-7-17)21-25-26-27-28(21)18-9-8-16(2)19(23)14-18/h3-9,14-15H,10-13H2,1-2H3,(H,24,29). The third kappa shape index (κ3) is 3.90. The van der Waals surface area contributed by atoms with Crippen LogP contribution in [-0.2, 0) is 5.54 Å². The minimum Gasteiger partial charge on any atom is -0.339 e. The lowest BCUT2D eigenvalue weighted by Gasteiger charge is -2.39. The number of carbonyl (C=O) groups is 1. The summed E-state index contributed by atoms with van der Waals surface area (Å²) in [7, 11) is 0. The van der Waals surface area contributed by atoms with Gasteiger partial charge in [0, 0.05) is 10.6 Å². The van der Waals surface area contributed by atoms with Crippen LogP contribution in [0.2, 0.25) is 5.02 Å². The van der Waals surface area contributed by atoms with Crippen LogP contribution in [0.4, 0.5) is 0 Å². The topological polar surface area (TPSA) is 72.7 Å². The quantitative estimate of drug-likeness (QED) is 0.690. The van der Waals surface area contributed by atoms with Crippen LogP contribution in [0.3, 0.4) is 0 Å². The second-order valence-electron chi connectivity index (χ2n) is 7.93. The van der Waals surface area contributed by atoms with Crippen molar-refractivity contribution in [2.24, 2.45) is 5.92 Å². The zero-order valence-corrected chi connectivity index (χ0v) is 17.4. The number of aryl methyl sites for hydroxylation is 1. The number of aromatic nitrogens is 4. The van der Waals surface area contributed by atoms with Gasteiger partial charge in [-0.3, -0.25) is 4.79 Å². The number of tetrazole rings is 1. The Morgan fingerprint density at radius 3 is 2.59 bits per heavy atom. The van der Waals surface area contributed by atoms with E-state index in [9.17, 15) is 4.79 Å². The van der Waals surface area contributed by atoms with Crippen LogP contribution in [0.25, 0.3) is 5.69 Å². The van der Waals surface area contributed by atoms with E-state index in [4.69, 9.17) is 11.6 Å². The molecule has 0 aliphatic heterocycles. The molecule has 0 bridgehead atoms. The number of rotatable bonds is 4. The summed E-state index contributed by atoms with van der Waals surface area (Å²) in [5.41, 5.74) is 1.78. The van der Waals surface area contributed by atoms with Crippen molar-refractivity contribution in [1.29, 1.82) is 0 Å². The second kappa shape index (κ2) is 7.95. The fraction of sp³-hybridized carbons (Fsp3) is 0.364. The predicted molar refractivity (Wildman–Crippen MR) is 112 cm³/mol. The molecule has 0 radical (unpaired) electrons. The lowest BCUT2D eigenvalue weighted by atomic mass is 9.76. The average Bonchev–Trinajstić information content (AvgIpc) is 3.23. The summed E-state index contributed by atoms with van der Waals surface area (Å²) in [6.07, 6.45) is 3.56. The van der Waals surface area contributed by atoms with Gasteiger partial charge in [0.1, 0.15) is 5.54 Å². The van der Waals surface area contributed by atoms with Crippen LogP contribution in [0.5, 0.6) is 0 Å². The first kappa shape index (κ1) is 19.6. The molecule has 1 heterocycles. The molecule has 1 N–H and O–H groups in total. The molecule has 1 aliphatic rings. The minimum absolute atomic E-state index is 0.114. The van der Waals surface area contributed by atoms with Gasteiger partial charge in [0.05, 0.1) is 5.69 Å². The normalized spacial score (nSPS) is 21.7. The number of nitrogens with one attached hydrogen (secondary N) is 1. The Kier molecular flexibility index (Phi) is 5.37. The molecule has 1 aliphatic carbocycles. The molecule has 1 fully saturated rings. The number of carbonyl (C=O) groups excluding carboxylic acids is 1. The van der Waals surface area contributed by atoms with E-state index in [0.29, 0.717) is 22.3 Å². The van der Waals surface area contributed by atoms with E-state index in [0.717, 1.165) is 36.9 Å². The molecule has 1 amide bonds. The number of amides is 1. The van der Waals surface area contributed by atoms with E-state index in [1.165, 1.54) is 0 Å². The molecule has 1 aromatic heterocycles. The third-order valence-electron chi connectivity index (χ3n) is 5.81. The Bertz CT molecular complexity index is 1010. The molecular weight excluding hydrogens is 386 g/mol. The van der Waals surface area contributed by atoms with Gasteiger partial charge in [0.2, 0.25) is 0 Å². The summed E-state index contributed by atoms with van der Waals surface area (Å²) in [6, 6.07) is 15.0. The van der Waals surface area contributed by atoms with Crippen molar-refractivity contribution in [3.63, 3.8) is 0 Å². The number of hydrogen-bond acceptors (Lipinski definition) is 4. The first-order valence-electron chi connectivity index (χ1n) is 9.91. The molecule has 7 heteroatoms. The van der Waals surface area contributed by atoms with Crippen LogP contribution >= 0.6 is 11.6 Å². The average molecular weight is 410 g/mol. The van der Waals surface area contributed by atoms with Gasteiger partial charge < -0.3 is 5.32 Å². The van der Waals surface area contributed by atoms with Crippen molar-refractivity contribution in [3.8, 4) is 5.69 Å². The van der Waals surface area contributed by atoms with E-state index in [2.05, 4.69) is 27.8 Å². The maximum absolute atomic E-state index is 13.0. The van der Waals surface area contributed by atoms with Crippen molar-refractivity contribution in [1.82, 2.24) is 25.5 Å². The molecule has 0 saturated heterocycles. The van der Waals surface area contributed by atoms with E-state index in [1.54, 1.807) is 4.68 Å². The molecule has 0 unspecified atom stereocenters. The second-order valence-corrected chi connectivity index (χ2v) is 8.34.